The Labute approximate surface area is 185 Å². The van der Waals surface area contributed by atoms with Gasteiger partial charge in [-0.3, -0.25) is 19.7 Å². The average Bonchev–Trinajstić information content (AvgIpc) is 2.83. The van der Waals surface area contributed by atoms with Gasteiger partial charge >= 0.3 is 0 Å². The third-order valence-electron chi connectivity index (χ3n) is 6.01. The third-order valence-corrected chi connectivity index (χ3v) is 6.01. The number of hydrogen-bond donors (Lipinski definition) is 1. The lowest BCUT2D eigenvalue weighted by Crippen LogP contribution is -2.52. The molecular weight excluding hydrogens is 390 g/mol. The van der Waals surface area contributed by atoms with E-state index >= 15 is 0 Å². The third kappa shape index (κ3) is 6.15. The van der Waals surface area contributed by atoms with Gasteiger partial charge in [0.2, 0.25) is 12.3 Å². The lowest BCUT2D eigenvalue weighted by atomic mass is 9.96. The van der Waals surface area contributed by atoms with Gasteiger partial charge < -0.3 is 4.90 Å². The van der Waals surface area contributed by atoms with Gasteiger partial charge in [0, 0.05) is 26.2 Å². The highest BCUT2D eigenvalue weighted by Gasteiger charge is 2.31. The smallest absolute Gasteiger partial charge is 0.233 e. The number of piperazine rings is 1. The van der Waals surface area contributed by atoms with Crippen LogP contribution in [0.25, 0.3) is 0 Å². The van der Waals surface area contributed by atoms with Gasteiger partial charge in [0.15, 0.2) is 0 Å². The van der Waals surface area contributed by atoms with Crippen molar-refractivity contribution in [2.45, 2.75) is 32.2 Å². The molecule has 3 rings (SSSR count). The summed E-state index contributed by atoms with van der Waals surface area (Å²) in [5.74, 6) is -0.328. The molecule has 0 saturated carbocycles. The van der Waals surface area contributed by atoms with Crippen LogP contribution < -0.4 is 0 Å². The molecule has 0 radical (unpaired) electrons. The van der Waals surface area contributed by atoms with Crippen LogP contribution in [0.2, 0.25) is 0 Å². The van der Waals surface area contributed by atoms with Gasteiger partial charge in [0.05, 0.1) is 18.5 Å². The fourth-order valence-electron chi connectivity index (χ4n) is 4.36. The Balaban J connectivity index is 1.70. The molecule has 1 unspecified atom stereocenters. The molecule has 2 aromatic rings. The fourth-order valence-corrected chi connectivity index (χ4v) is 4.36. The second-order valence-electron chi connectivity index (χ2n) is 8.15. The summed E-state index contributed by atoms with van der Waals surface area (Å²) in [6, 6.07) is 21.1. The molecule has 0 aliphatic carbocycles. The van der Waals surface area contributed by atoms with E-state index < -0.39 is 0 Å². The number of hydrogen-bond acceptors (Lipinski definition) is 4. The fraction of sp³-hybridized carbons (Fsp3) is 0.440. The Kier molecular flexibility index (Phi) is 8.62. The molecule has 31 heavy (non-hydrogen) atoms. The second kappa shape index (κ2) is 11.6. The van der Waals surface area contributed by atoms with E-state index in [-0.39, 0.29) is 24.4 Å². The molecule has 2 aromatic carbocycles. The van der Waals surface area contributed by atoms with Gasteiger partial charge in [-0.25, -0.2) is 5.06 Å². The Morgan fingerprint density at radius 3 is 2.03 bits per heavy atom. The topological polar surface area (TPSA) is 64.1 Å². The molecule has 2 amide bonds. The van der Waals surface area contributed by atoms with Crippen molar-refractivity contribution in [2.75, 3.05) is 32.7 Å². The van der Waals surface area contributed by atoms with E-state index in [0.717, 1.165) is 25.9 Å². The molecule has 1 atom stereocenters. The van der Waals surface area contributed by atoms with Crippen LogP contribution >= 0.6 is 0 Å². The largest absolute Gasteiger partial charge is 0.340 e. The zero-order valence-electron chi connectivity index (χ0n) is 18.3. The summed E-state index contributed by atoms with van der Waals surface area (Å²) in [6.45, 7) is 4.96. The maximum Gasteiger partial charge on any atom is 0.233 e. The van der Waals surface area contributed by atoms with Crippen molar-refractivity contribution in [1.82, 2.24) is 14.9 Å². The minimum atomic E-state index is -0.360. The average molecular weight is 424 g/mol. The van der Waals surface area contributed by atoms with Crippen molar-refractivity contribution in [3.63, 3.8) is 0 Å². The minimum Gasteiger partial charge on any atom is -0.340 e. The number of carbonyl (C=O) groups excluding carboxylic acids is 2. The highest BCUT2D eigenvalue weighted by Crippen LogP contribution is 2.29. The number of unbranched alkanes of at least 4 members (excludes halogenated alkanes) is 1. The van der Waals surface area contributed by atoms with Crippen LogP contribution in [0.15, 0.2) is 60.7 Å². The summed E-state index contributed by atoms with van der Waals surface area (Å²) in [6.07, 6.45) is 2.92. The molecule has 1 N–H and O–H groups in total. The summed E-state index contributed by atoms with van der Waals surface area (Å²) in [4.78, 5) is 28.3. The highest BCUT2D eigenvalue weighted by atomic mass is 16.5. The first-order valence-electron chi connectivity index (χ1n) is 11.2. The first-order valence-corrected chi connectivity index (χ1v) is 11.2. The molecule has 166 valence electrons. The summed E-state index contributed by atoms with van der Waals surface area (Å²) in [7, 11) is 0. The van der Waals surface area contributed by atoms with Crippen LogP contribution in [0.5, 0.6) is 0 Å². The van der Waals surface area contributed by atoms with Gasteiger partial charge in [0.25, 0.3) is 0 Å². The minimum absolute atomic E-state index is 0.0324. The number of hydroxylamine groups is 2. The van der Waals surface area contributed by atoms with Crippen LogP contribution in [0, 0.1) is 5.92 Å². The Bertz CT molecular complexity index is 768. The Morgan fingerprint density at radius 2 is 1.55 bits per heavy atom. The van der Waals surface area contributed by atoms with E-state index in [2.05, 4.69) is 60.4 Å². The summed E-state index contributed by atoms with van der Waals surface area (Å²) < 4.78 is 0. The van der Waals surface area contributed by atoms with Crippen molar-refractivity contribution in [2.24, 2.45) is 5.92 Å². The van der Waals surface area contributed by atoms with Gasteiger partial charge in [0.1, 0.15) is 0 Å². The number of amides is 2. The number of benzene rings is 2. The van der Waals surface area contributed by atoms with Gasteiger partial charge in [-0.15, -0.1) is 0 Å². The maximum atomic E-state index is 13.1. The van der Waals surface area contributed by atoms with E-state index in [1.807, 2.05) is 17.0 Å². The van der Waals surface area contributed by atoms with Crippen molar-refractivity contribution in [1.29, 1.82) is 0 Å². The Hall–Kier alpha value is -2.70. The quantitative estimate of drug-likeness (QED) is 0.360. The molecule has 0 aromatic heterocycles. The van der Waals surface area contributed by atoms with E-state index in [4.69, 9.17) is 0 Å². The standard InChI is InChI=1S/C25H33N3O3/c1-2-3-10-23(19-28(31)20-29)25(30)27-17-15-26(16-18-27)24(21-11-6-4-7-12-21)22-13-8-5-9-14-22/h4-9,11-14,20,23-24,31H,2-3,10,15-19H2,1H3. The first kappa shape index (κ1) is 23.0. The second-order valence-corrected chi connectivity index (χ2v) is 8.15. The normalized spacial score (nSPS) is 15.6. The lowest BCUT2D eigenvalue weighted by Gasteiger charge is -2.41. The van der Waals surface area contributed by atoms with Crippen molar-refractivity contribution < 1.29 is 14.8 Å². The summed E-state index contributed by atoms with van der Waals surface area (Å²) >= 11 is 0. The molecule has 1 aliphatic rings. The highest BCUT2D eigenvalue weighted by molar-refractivity contribution is 5.79. The van der Waals surface area contributed by atoms with Gasteiger partial charge in [-0.05, 0) is 17.5 Å². The van der Waals surface area contributed by atoms with Gasteiger partial charge in [-0.1, -0.05) is 80.4 Å². The molecule has 1 aliphatic heterocycles. The molecule has 1 fully saturated rings. The molecule has 0 bridgehead atoms. The Morgan fingerprint density at radius 1 is 1.00 bits per heavy atom. The van der Waals surface area contributed by atoms with Crippen LogP contribution in [0.1, 0.15) is 43.4 Å². The van der Waals surface area contributed by atoms with E-state index in [1.54, 1.807) is 0 Å². The van der Waals surface area contributed by atoms with E-state index in [9.17, 15) is 14.8 Å². The predicted octanol–water partition coefficient (Wildman–Crippen LogP) is 3.57. The van der Waals surface area contributed by atoms with E-state index in [0.29, 0.717) is 31.0 Å². The van der Waals surface area contributed by atoms with Crippen LogP contribution in [-0.2, 0) is 9.59 Å². The predicted molar refractivity (Wildman–Crippen MR) is 120 cm³/mol. The van der Waals surface area contributed by atoms with Crippen LogP contribution in [-0.4, -0.2) is 65.1 Å². The first-order chi connectivity index (χ1) is 15.1. The number of nitrogens with zero attached hydrogens (tertiary/aromatic N) is 3. The number of rotatable bonds is 10. The SMILES string of the molecule is CCCCC(CN(O)C=O)C(=O)N1CCN(C(c2ccccc2)c2ccccc2)CC1. The molecule has 6 heteroatoms. The molecular formula is C25H33N3O3. The summed E-state index contributed by atoms with van der Waals surface area (Å²) in [5.41, 5.74) is 2.49. The lowest BCUT2D eigenvalue weighted by molar-refractivity contribution is -0.157. The molecule has 0 spiro atoms. The zero-order chi connectivity index (χ0) is 22.1. The van der Waals surface area contributed by atoms with Crippen LogP contribution in [0.3, 0.4) is 0 Å². The molecule has 1 saturated heterocycles. The zero-order valence-corrected chi connectivity index (χ0v) is 18.3. The van der Waals surface area contributed by atoms with Gasteiger partial charge in [-0.2, -0.15) is 0 Å². The van der Waals surface area contributed by atoms with E-state index in [1.165, 1.54) is 11.1 Å². The monoisotopic (exact) mass is 423 g/mol. The van der Waals surface area contributed by atoms with Crippen molar-refractivity contribution in [3.8, 4) is 0 Å². The molecule has 6 nitrogen and oxygen atoms in total. The maximum absolute atomic E-state index is 13.1. The number of carbonyl (C=O) groups is 2. The van der Waals surface area contributed by atoms with Crippen molar-refractivity contribution in [3.05, 3.63) is 71.8 Å². The van der Waals surface area contributed by atoms with Crippen molar-refractivity contribution >= 4 is 12.3 Å². The summed E-state index contributed by atoms with van der Waals surface area (Å²) in [5, 5.41) is 10.2. The molecule has 1 heterocycles. The van der Waals surface area contributed by atoms with Crippen LogP contribution in [0.4, 0.5) is 0 Å².